The molecule has 0 atom stereocenters. The second-order valence-corrected chi connectivity index (χ2v) is 9.30. The maximum atomic E-state index is 12.5. The molecular formula is C22H27N3O4S. The Morgan fingerprint density at radius 1 is 0.867 bits per heavy atom. The lowest BCUT2D eigenvalue weighted by atomic mass is 9.96. The van der Waals surface area contributed by atoms with Gasteiger partial charge in [-0.3, -0.25) is 9.59 Å². The normalized spacial score (nSPS) is 14.8. The molecule has 7 nitrogen and oxygen atoms in total. The lowest BCUT2D eigenvalue weighted by molar-refractivity contribution is -0.116. The molecule has 2 aromatic rings. The molecule has 2 amide bonds. The molecule has 0 spiro atoms. The highest BCUT2D eigenvalue weighted by atomic mass is 32.2. The first-order chi connectivity index (χ1) is 14.3. The summed E-state index contributed by atoms with van der Waals surface area (Å²) < 4.78 is 27.9. The number of amides is 2. The van der Waals surface area contributed by atoms with Gasteiger partial charge in [0, 0.05) is 24.3 Å². The van der Waals surface area contributed by atoms with Gasteiger partial charge in [-0.2, -0.15) is 0 Å². The summed E-state index contributed by atoms with van der Waals surface area (Å²) in [5, 5.41) is 5.45. The molecule has 1 aliphatic carbocycles. The third kappa shape index (κ3) is 6.40. The minimum absolute atomic E-state index is 0.000152. The molecule has 3 rings (SSSR count). The van der Waals surface area contributed by atoms with Crippen LogP contribution in [0, 0.1) is 0 Å². The molecule has 1 saturated carbocycles. The van der Waals surface area contributed by atoms with Gasteiger partial charge in [0.25, 0.3) is 0 Å². The lowest BCUT2D eigenvalue weighted by Crippen LogP contribution is -2.36. The molecule has 30 heavy (non-hydrogen) atoms. The van der Waals surface area contributed by atoms with Gasteiger partial charge in [-0.05, 0) is 54.8 Å². The number of nitrogens with one attached hydrogen (secondary N) is 3. The zero-order chi connectivity index (χ0) is 21.6. The molecule has 0 unspecified atom stereocenters. The third-order valence-corrected chi connectivity index (χ3v) is 6.55. The summed E-state index contributed by atoms with van der Waals surface area (Å²) in [5.41, 5.74) is 2.01. The Morgan fingerprint density at radius 2 is 1.43 bits per heavy atom. The number of carbonyl (C=O) groups is 2. The summed E-state index contributed by atoms with van der Waals surface area (Å²) in [4.78, 5) is 23.5. The zero-order valence-electron chi connectivity index (χ0n) is 17.0. The van der Waals surface area contributed by atoms with E-state index in [-0.39, 0.29) is 29.2 Å². The van der Waals surface area contributed by atoms with E-state index in [0.29, 0.717) is 11.4 Å². The molecule has 0 radical (unpaired) electrons. The molecule has 1 aliphatic rings. The number of hydrogen-bond donors (Lipinski definition) is 3. The Labute approximate surface area is 177 Å². The van der Waals surface area contributed by atoms with Gasteiger partial charge in [-0.25, -0.2) is 13.1 Å². The first kappa shape index (κ1) is 22.0. The fourth-order valence-corrected chi connectivity index (χ4v) is 4.83. The molecular weight excluding hydrogens is 402 g/mol. The van der Waals surface area contributed by atoms with E-state index in [0.717, 1.165) is 37.7 Å². The van der Waals surface area contributed by atoms with Crippen molar-refractivity contribution in [1.82, 2.24) is 4.72 Å². The van der Waals surface area contributed by atoms with Crippen LogP contribution in [0.15, 0.2) is 53.4 Å². The Hall–Kier alpha value is -2.71. The molecule has 1 fully saturated rings. The topological polar surface area (TPSA) is 104 Å². The SMILES string of the molecule is CC(=O)Nc1ccc(CC(=O)Nc2ccc(S(=O)(=O)NC3CCCCC3)cc2)cc1. The predicted molar refractivity (Wildman–Crippen MR) is 117 cm³/mol. The monoisotopic (exact) mass is 429 g/mol. The molecule has 2 aromatic carbocycles. The minimum Gasteiger partial charge on any atom is -0.326 e. The van der Waals surface area contributed by atoms with Gasteiger partial charge in [-0.15, -0.1) is 0 Å². The van der Waals surface area contributed by atoms with Crippen molar-refractivity contribution in [1.29, 1.82) is 0 Å². The van der Waals surface area contributed by atoms with Gasteiger partial charge in [0.05, 0.1) is 11.3 Å². The van der Waals surface area contributed by atoms with Crippen molar-refractivity contribution in [3.8, 4) is 0 Å². The number of benzene rings is 2. The Morgan fingerprint density at radius 3 is 2.03 bits per heavy atom. The highest BCUT2D eigenvalue weighted by molar-refractivity contribution is 7.89. The largest absolute Gasteiger partial charge is 0.326 e. The first-order valence-corrected chi connectivity index (χ1v) is 11.6. The predicted octanol–water partition coefficient (Wildman–Crippen LogP) is 3.44. The third-order valence-electron chi connectivity index (χ3n) is 5.01. The average Bonchev–Trinajstić information content (AvgIpc) is 2.70. The Balaban J connectivity index is 1.55. The summed E-state index contributed by atoms with van der Waals surface area (Å²) >= 11 is 0. The van der Waals surface area contributed by atoms with Crippen molar-refractivity contribution < 1.29 is 18.0 Å². The van der Waals surface area contributed by atoms with Crippen LogP contribution in [0.2, 0.25) is 0 Å². The molecule has 160 valence electrons. The van der Waals surface area contributed by atoms with Crippen LogP contribution >= 0.6 is 0 Å². The van der Waals surface area contributed by atoms with E-state index in [4.69, 9.17) is 0 Å². The lowest BCUT2D eigenvalue weighted by Gasteiger charge is -2.22. The fraction of sp³-hybridized carbons (Fsp3) is 0.364. The molecule has 0 aliphatic heterocycles. The Bertz CT molecular complexity index is 980. The fourth-order valence-electron chi connectivity index (χ4n) is 3.53. The van der Waals surface area contributed by atoms with E-state index in [1.165, 1.54) is 19.1 Å². The van der Waals surface area contributed by atoms with Gasteiger partial charge in [0.15, 0.2) is 0 Å². The van der Waals surface area contributed by atoms with Crippen LogP contribution in [0.4, 0.5) is 11.4 Å². The molecule has 3 N–H and O–H groups in total. The van der Waals surface area contributed by atoms with Crippen molar-refractivity contribution in [3.05, 3.63) is 54.1 Å². The van der Waals surface area contributed by atoms with Crippen molar-refractivity contribution in [2.75, 3.05) is 10.6 Å². The summed E-state index contributed by atoms with van der Waals surface area (Å²) in [5.74, 6) is -0.363. The van der Waals surface area contributed by atoms with Crippen LogP contribution in [0.5, 0.6) is 0 Å². The maximum Gasteiger partial charge on any atom is 0.240 e. The number of sulfonamides is 1. The minimum atomic E-state index is -3.56. The number of rotatable bonds is 7. The number of anilines is 2. The maximum absolute atomic E-state index is 12.5. The summed E-state index contributed by atoms with van der Waals surface area (Å²) in [6.07, 6.45) is 5.18. The van der Waals surface area contributed by atoms with E-state index < -0.39 is 10.0 Å². The van der Waals surface area contributed by atoms with Gasteiger partial charge < -0.3 is 10.6 Å². The van der Waals surface area contributed by atoms with E-state index in [1.807, 2.05) is 0 Å². The van der Waals surface area contributed by atoms with Crippen LogP contribution in [0.3, 0.4) is 0 Å². The van der Waals surface area contributed by atoms with Gasteiger partial charge in [0.2, 0.25) is 21.8 Å². The number of carbonyl (C=O) groups excluding carboxylic acids is 2. The van der Waals surface area contributed by atoms with Gasteiger partial charge >= 0.3 is 0 Å². The molecule has 0 aromatic heterocycles. The van der Waals surface area contributed by atoms with Crippen LogP contribution < -0.4 is 15.4 Å². The van der Waals surface area contributed by atoms with Crippen molar-refractivity contribution in [2.45, 2.75) is 56.4 Å². The van der Waals surface area contributed by atoms with E-state index in [2.05, 4.69) is 15.4 Å². The first-order valence-electron chi connectivity index (χ1n) is 10.1. The zero-order valence-corrected chi connectivity index (χ0v) is 17.8. The molecule has 0 bridgehead atoms. The second-order valence-electron chi connectivity index (χ2n) is 7.58. The highest BCUT2D eigenvalue weighted by Gasteiger charge is 2.21. The average molecular weight is 430 g/mol. The van der Waals surface area contributed by atoms with Gasteiger partial charge in [0.1, 0.15) is 0 Å². The molecule has 8 heteroatoms. The van der Waals surface area contributed by atoms with Crippen LogP contribution in [0.25, 0.3) is 0 Å². The second kappa shape index (κ2) is 9.86. The summed E-state index contributed by atoms with van der Waals surface area (Å²) in [6, 6.07) is 13.2. The highest BCUT2D eigenvalue weighted by Crippen LogP contribution is 2.21. The van der Waals surface area contributed by atoms with E-state index in [9.17, 15) is 18.0 Å². The van der Waals surface area contributed by atoms with Gasteiger partial charge in [-0.1, -0.05) is 31.4 Å². The van der Waals surface area contributed by atoms with Crippen LogP contribution in [-0.4, -0.2) is 26.3 Å². The Kier molecular flexibility index (Phi) is 7.23. The summed E-state index contributed by atoms with van der Waals surface area (Å²) in [6.45, 7) is 1.43. The molecule has 0 heterocycles. The quantitative estimate of drug-likeness (QED) is 0.627. The van der Waals surface area contributed by atoms with Crippen molar-refractivity contribution in [2.24, 2.45) is 0 Å². The summed E-state index contributed by atoms with van der Waals surface area (Å²) in [7, 11) is -3.56. The van der Waals surface area contributed by atoms with Crippen LogP contribution in [0.1, 0.15) is 44.6 Å². The smallest absolute Gasteiger partial charge is 0.240 e. The number of hydrogen-bond acceptors (Lipinski definition) is 4. The molecule has 0 saturated heterocycles. The van der Waals surface area contributed by atoms with Crippen LogP contribution in [-0.2, 0) is 26.0 Å². The standard InChI is InChI=1S/C22H27N3O4S/c1-16(26)23-18-9-7-17(8-10-18)15-22(27)24-19-11-13-21(14-12-19)30(28,29)25-20-5-3-2-4-6-20/h7-14,20,25H,2-6,15H2,1H3,(H,23,26)(H,24,27). The van der Waals surface area contributed by atoms with E-state index in [1.54, 1.807) is 36.4 Å². The van der Waals surface area contributed by atoms with Crippen molar-refractivity contribution in [3.63, 3.8) is 0 Å². The van der Waals surface area contributed by atoms with E-state index >= 15 is 0 Å². The van der Waals surface area contributed by atoms with Crippen molar-refractivity contribution >= 4 is 33.2 Å².